The van der Waals surface area contributed by atoms with Gasteiger partial charge in [-0.3, -0.25) is 4.90 Å². The van der Waals surface area contributed by atoms with Gasteiger partial charge in [-0.2, -0.15) is 0 Å². The van der Waals surface area contributed by atoms with Crippen molar-refractivity contribution in [2.45, 2.75) is 13.5 Å². The zero-order valence-electron chi connectivity index (χ0n) is 11.5. The topological polar surface area (TPSA) is 20.2 Å². The van der Waals surface area contributed by atoms with Crippen LogP contribution in [0.2, 0.25) is 0 Å². The molecular formula is C15H20FN3. The average Bonchev–Trinajstić information content (AvgIpc) is 2.65. The van der Waals surface area contributed by atoms with Gasteiger partial charge in [0.25, 0.3) is 0 Å². The van der Waals surface area contributed by atoms with Crippen LogP contribution in [-0.4, -0.2) is 35.6 Å². The van der Waals surface area contributed by atoms with Gasteiger partial charge in [0.05, 0.1) is 0 Å². The van der Waals surface area contributed by atoms with Gasteiger partial charge in [-0.15, -0.1) is 0 Å². The zero-order chi connectivity index (χ0) is 13.4. The predicted molar refractivity (Wildman–Crippen MR) is 75.8 cm³/mol. The van der Waals surface area contributed by atoms with Gasteiger partial charge < -0.3 is 9.88 Å². The third-order valence-electron chi connectivity index (χ3n) is 4.18. The van der Waals surface area contributed by atoms with Gasteiger partial charge in [-0.05, 0) is 30.7 Å². The van der Waals surface area contributed by atoms with Crippen LogP contribution in [0.5, 0.6) is 0 Å². The Kier molecular flexibility index (Phi) is 3.29. The normalized spacial score (nSPS) is 17.2. The van der Waals surface area contributed by atoms with Gasteiger partial charge in [0.2, 0.25) is 0 Å². The van der Waals surface area contributed by atoms with Crippen LogP contribution in [-0.2, 0) is 13.6 Å². The Morgan fingerprint density at radius 1 is 1.26 bits per heavy atom. The molecule has 2 heterocycles. The molecule has 1 aromatic heterocycles. The summed E-state index contributed by atoms with van der Waals surface area (Å²) in [6.07, 6.45) is 0. The van der Waals surface area contributed by atoms with Gasteiger partial charge in [0, 0.05) is 56.4 Å². The van der Waals surface area contributed by atoms with E-state index in [1.807, 2.05) is 6.07 Å². The van der Waals surface area contributed by atoms with Gasteiger partial charge in [0.1, 0.15) is 5.82 Å². The number of aryl methyl sites for hydroxylation is 1. The maximum absolute atomic E-state index is 13.5. The molecule has 0 spiro atoms. The number of hydrogen-bond acceptors (Lipinski definition) is 2. The minimum atomic E-state index is -0.153. The molecule has 2 aromatic rings. The Balaban J connectivity index is 2.01. The standard InChI is InChI=1S/C15H20FN3/c1-11-14(10-19-7-5-17-6-8-19)13-9-12(16)3-4-15(13)18(11)2/h3-4,9,17H,5-8,10H2,1-2H3. The number of benzene rings is 1. The number of rotatable bonds is 2. The van der Waals surface area contributed by atoms with Crippen molar-refractivity contribution in [3.05, 3.63) is 35.3 Å². The highest BCUT2D eigenvalue weighted by Gasteiger charge is 2.17. The summed E-state index contributed by atoms with van der Waals surface area (Å²) >= 11 is 0. The fourth-order valence-electron chi connectivity index (χ4n) is 2.91. The predicted octanol–water partition coefficient (Wildman–Crippen LogP) is 2.03. The van der Waals surface area contributed by atoms with E-state index in [-0.39, 0.29) is 5.82 Å². The number of halogens is 1. The number of fused-ring (bicyclic) bond motifs is 1. The summed E-state index contributed by atoms with van der Waals surface area (Å²) in [6, 6.07) is 5.08. The van der Waals surface area contributed by atoms with Crippen molar-refractivity contribution in [3.63, 3.8) is 0 Å². The Hall–Kier alpha value is -1.39. The van der Waals surface area contributed by atoms with Crippen LogP contribution in [0.3, 0.4) is 0 Å². The lowest BCUT2D eigenvalue weighted by Crippen LogP contribution is -2.42. The summed E-state index contributed by atoms with van der Waals surface area (Å²) in [5.41, 5.74) is 3.61. The van der Waals surface area contributed by atoms with Crippen LogP contribution < -0.4 is 5.32 Å². The number of nitrogens with one attached hydrogen (secondary N) is 1. The smallest absolute Gasteiger partial charge is 0.123 e. The molecule has 0 amide bonds. The summed E-state index contributed by atoms with van der Waals surface area (Å²) < 4.78 is 15.7. The fraction of sp³-hybridized carbons (Fsp3) is 0.467. The van der Waals surface area contributed by atoms with Crippen LogP contribution in [0, 0.1) is 12.7 Å². The van der Waals surface area contributed by atoms with Gasteiger partial charge in [-0.25, -0.2) is 4.39 Å². The number of aromatic nitrogens is 1. The molecule has 1 fully saturated rings. The molecule has 3 nitrogen and oxygen atoms in total. The third kappa shape index (κ3) is 2.26. The van der Waals surface area contributed by atoms with Crippen molar-refractivity contribution >= 4 is 10.9 Å². The fourth-order valence-corrected chi connectivity index (χ4v) is 2.91. The van der Waals surface area contributed by atoms with Crippen LogP contribution in [0.15, 0.2) is 18.2 Å². The molecule has 0 unspecified atom stereocenters. The first-order chi connectivity index (χ1) is 9.16. The highest BCUT2D eigenvalue weighted by Crippen LogP contribution is 2.27. The molecule has 3 rings (SSSR count). The lowest BCUT2D eigenvalue weighted by Gasteiger charge is -2.27. The van der Waals surface area contributed by atoms with Crippen LogP contribution in [0.25, 0.3) is 10.9 Å². The van der Waals surface area contributed by atoms with Gasteiger partial charge in [-0.1, -0.05) is 0 Å². The summed E-state index contributed by atoms with van der Waals surface area (Å²) in [5.74, 6) is -0.153. The van der Waals surface area contributed by atoms with E-state index in [4.69, 9.17) is 0 Å². The van der Waals surface area contributed by atoms with Crippen molar-refractivity contribution in [2.24, 2.45) is 7.05 Å². The SMILES string of the molecule is Cc1c(CN2CCNCC2)c2cc(F)ccc2n1C. The Morgan fingerprint density at radius 2 is 2.00 bits per heavy atom. The maximum Gasteiger partial charge on any atom is 0.123 e. The first kappa shape index (κ1) is 12.6. The minimum Gasteiger partial charge on any atom is -0.348 e. The molecule has 0 saturated carbocycles. The van der Waals surface area contributed by atoms with Crippen molar-refractivity contribution in [2.75, 3.05) is 26.2 Å². The highest BCUT2D eigenvalue weighted by molar-refractivity contribution is 5.85. The molecule has 0 atom stereocenters. The summed E-state index contributed by atoms with van der Waals surface area (Å²) in [6.45, 7) is 7.23. The van der Waals surface area contributed by atoms with Crippen LogP contribution in [0.1, 0.15) is 11.3 Å². The Labute approximate surface area is 113 Å². The Morgan fingerprint density at radius 3 is 2.74 bits per heavy atom. The average molecular weight is 261 g/mol. The van der Waals surface area contributed by atoms with Crippen LogP contribution in [0.4, 0.5) is 4.39 Å². The molecule has 1 aliphatic rings. The molecule has 1 aliphatic heterocycles. The third-order valence-corrected chi connectivity index (χ3v) is 4.18. The van der Waals surface area contributed by atoms with E-state index >= 15 is 0 Å². The lowest BCUT2D eigenvalue weighted by atomic mass is 10.1. The highest BCUT2D eigenvalue weighted by atomic mass is 19.1. The largest absolute Gasteiger partial charge is 0.348 e. The first-order valence-electron chi connectivity index (χ1n) is 6.83. The molecule has 1 saturated heterocycles. The molecule has 4 heteroatoms. The van der Waals surface area contributed by atoms with Crippen molar-refractivity contribution in [3.8, 4) is 0 Å². The van der Waals surface area contributed by atoms with E-state index in [1.54, 1.807) is 6.07 Å². The van der Waals surface area contributed by atoms with E-state index in [0.29, 0.717) is 0 Å². The number of nitrogens with zero attached hydrogens (tertiary/aromatic N) is 2. The van der Waals surface area contributed by atoms with Crippen molar-refractivity contribution < 1.29 is 4.39 Å². The van der Waals surface area contributed by atoms with Gasteiger partial charge in [0.15, 0.2) is 0 Å². The van der Waals surface area contributed by atoms with Crippen molar-refractivity contribution in [1.29, 1.82) is 0 Å². The molecule has 1 aromatic carbocycles. The van der Waals surface area contributed by atoms with E-state index in [9.17, 15) is 4.39 Å². The maximum atomic E-state index is 13.5. The second kappa shape index (κ2) is 4.94. The van der Waals surface area contributed by atoms with E-state index < -0.39 is 0 Å². The van der Waals surface area contributed by atoms with Gasteiger partial charge >= 0.3 is 0 Å². The summed E-state index contributed by atoms with van der Waals surface area (Å²) in [4.78, 5) is 2.43. The number of piperazine rings is 1. The van der Waals surface area contributed by atoms with E-state index in [0.717, 1.165) is 43.6 Å². The molecule has 0 aliphatic carbocycles. The zero-order valence-corrected chi connectivity index (χ0v) is 11.5. The monoisotopic (exact) mass is 261 g/mol. The number of hydrogen-bond donors (Lipinski definition) is 1. The van der Waals surface area contributed by atoms with E-state index in [1.165, 1.54) is 17.3 Å². The molecule has 0 bridgehead atoms. The van der Waals surface area contributed by atoms with Crippen LogP contribution >= 0.6 is 0 Å². The van der Waals surface area contributed by atoms with Crippen molar-refractivity contribution in [1.82, 2.24) is 14.8 Å². The summed E-state index contributed by atoms with van der Waals surface area (Å²) in [5, 5.41) is 4.41. The Bertz CT molecular complexity index is 597. The second-order valence-electron chi connectivity index (χ2n) is 5.31. The first-order valence-corrected chi connectivity index (χ1v) is 6.83. The second-order valence-corrected chi connectivity index (χ2v) is 5.31. The lowest BCUT2D eigenvalue weighted by molar-refractivity contribution is 0.233. The summed E-state index contributed by atoms with van der Waals surface area (Å²) in [7, 11) is 2.05. The molecule has 19 heavy (non-hydrogen) atoms. The molecule has 0 radical (unpaired) electrons. The quantitative estimate of drug-likeness (QED) is 0.892. The molecular weight excluding hydrogens is 241 g/mol. The minimum absolute atomic E-state index is 0.153. The molecule has 1 N–H and O–H groups in total. The van der Waals surface area contributed by atoms with E-state index in [2.05, 4.69) is 28.8 Å². The molecule has 102 valence electrons.